The normalized spacial score (nSPS) is 11.3. The highest BCUT2D eigenvalue weighted by atomic mass is 31.2. The molecule has 0 spiro atoms. The summed E-state index contributed by atoms with van der Waals surface area (Å²) < 4.78 is 5.37. The van der Waals surface area contributed by atoms with Crippen molar-refractivity contribution in [2.75, 3.05) is 8.88 Å². The maximum Gasteiger partial charge on any atom is 0.138 e. The third-order valence-electron chi connectivity index (χ3n) is 9.89. The molecule has 0 aliphatic heterocycles. The quantitative estimate of drug-likeness (QED) is 0.102. The van der Waals surface area contributed by atoms with E-state index in [9.17, 15) is 0 Å². The molecule has 8 aromatic carbocycles. The predicted octanol–water partition coefficient (Wildman–Crippen LogP) is 10.9. The highest BCUT2D eigenvalue weighted by Gasteiger charge is 2.36. The van der Waals surface area contributed by atoms with Crippen molar-refractivity contribution in [2.45, 2.75) is 0 Å². The minimum atomic E-state index is -1.12. The molecule has 9 aromatic rings. The number of rotatable bonds is 14. The lowest BCUT2D eigenvalue weighted by molar-refractivity contribution is 1.27. The van der Waals surface area contributed by atoms with Crippen molar-refractivity contribution in [2.24, 2.45) is 0 Å². The van der Waals surface area contributed by atoms with Crippen LogP contribution in [0.4, 0.5) is 11.6 Å². The number of anilines is 2. The second kappa shape index (κ2) is 19.5. The molecule has 0 bridgehead atoms. The fourth-order valence-corrected chi connectivity index (χ4v) is 19.0. The van der Waals surface area contributed by atoms with Gasteiger partial charge >= 0.3 is 0 Å². The van der Waals surface area contributed by atoms with Gasteiger partial charge in [0, 0.05) is 42.4 Å². The Morgan fingerprint density at radius 3 is 0.533 bits per heavy atom. The second-order valence-electron chi connectivity index (χ2n) is 13.9. The third-order valence-corrected chi connectivity index (χ3v) is 20.7. The smallest absolute Gasteiger partial charge is 0.138 e. The van der Waals surface area contributed by atoms with Crippen LogP contribution in [0.15, 0.2) is 261 Å². The molecule has 60 heavy (non-hydrogen) atoms. The molecule has 0 aliphatic rings. The summed E-state index contributed by atoms with van der Waals surface area (Å²) in [7, 11) is -4.49. The van der Waals surface area contributed by atoms with Gasteiger partial charge in [0.15, 0.2) is 0 Å². The first-order valence-electron chi connectivity index (χ1n) is 20.0. The molecule has 1 heterocycles. The highest BCUT2D eigenvalue weighted by Crippen LogP contribution is 2.59. The molecule has 0 radical (unpaired) electrons. The Morgan fingerprint density at radius 1 is 0.200 bits per heavy atom. The van der Waals surface area contributed by atoms with Crippen molar-refractivity contribution in [3.63, 3.8) is 0 Å². The summed E-state index contributed by atoms with van der Waals surface area (Å²) in [6.45, 7) is 0. The van der Waals surface area contributed by atoms with Gasteiger partial charge in [-0.05, 0) is 12.1 Å². The van der Waals surface area contributed by atoms with Gasteiger partial charge in [0.2, 0.25) is 0 Å². The van der Waals surface area contributed by atoms with Gasteiger partial charge in [-0.1, -0.05) is 249 Å². The summed E-state index contributed by atoms with van der Waals surface area (Å²) >= 11 is 0. The van der Waals surface area contributed by atoms with Crippen molar-refractivity contribution in [3.05, 3.63) is 261 Å². The summed E-state index contributed by atoms with van der Waals surface area (Å²) in [4.78, 5) is 5.98. The van der Waals surface area contributed by atoms with E-state index < -0.39 is 32.3 Å². The van der Waals surface area contributed by atoms with Crippen LogP contribution < -0.4 is 51.3 Å². The number of aromatic nitrogens is 1. The van der Waals surface area contributed by atoms with Crippen LogP contribution in [-0.2, 0) is 0 Å². The van der Waals surface area contributed by atoms with Gasteiger partial charge in [0.05, 0.1) is 32.3 Å². The Balaban J connectivity index is 1.34. The molecule has 0 fully saturated rings. The van der Waals surface area contributed by atoms with E-state index in [-0.39, 0.29) is 0 Å². The summed E-state index contributed by atoms with van der Waals surface area (Å²) in [6, 6.07) is 95.0. The predicted molar refractivity (Wildman–Crippen MR) is 265 cm³/mol. The van der Waals surface area contributed by atoms with E-state index in [1.165, 1.54) is 42.4 Å². The molecule has 0 amide bonds. The van der Waals surface area contributed by atoms with Gasteiger partial charge in [0.1, 0.15) is 11.6 Å². The van der Waals surface area contributed by atoms with Gasteiger partial charge in [-0.3, -0.25) is 8.88 Å². The van der Waals surface area contributed by atoms with E-state index in [0.29, 0.717) is 0 Å². The zero-order valence-corrected chi connectivity index (χ0v) is 36.5. The number of nitrogens with zero attached hydrogens (tertiary/aromatic N) is 3. The van der Waals surface area contributed by atoms with Gasteiger partial charge in [-0.15, -0.1) is 0 Å². The first kappa shape index (κ1) is 39.7. The van der Waals surface area contributed by atoms with E-state index in [4.69, 9.17) is 4.98 Å². The summed E-state index contributed by atoms with van der Waals surface area (Å²) in [5.74, 6) is 1.89. The van der Waals surface area contributed by atoms with Crippen LogP contribution in [-0.4, -0.2) is 4.98 Å². The Hall–Kier alpha value is -5.77. The lowest BCUT2D eigenvalue weighted by Crippen LogP contribution is -2.34. The maximum atomic E-state index is 5.98. The second-order valence-corrected chi connectivity index (χ2v) is 22.7. The molecule has 1 aromatic heterocycles. The van der Waals surface area contributed by atoms with E-state index in [2.05, 4.69) is 270 Å². The van der Waals surface area contributed by atoms with Crippen molar-refractivity contribution < 1.29 is 0 Å². The maximum absolute atomic E-state index is 5.98. The molecule has 0 aliphatic carbocycles. The fourth-order valence-electron chi connectivity index (χ4n) is 7.25. The minimum absolute atomic E-state index is 0.947. The molecular formula is C53H43N3P4. The van der Waals surface area contributed by atoms with Crippen molar-refractivity contribution in [1.29, 1.82) is 0 Å². The third kappa shape index (κ3) is 8.88. The van der Waals surface area contributed by atoms with Gasteiger partial charge in [-0.2, -0.15) is 0 Å². The number of hydrogen-bond acceptors (Lipinski definition) is 3. The molecule has 0 saturated carbocycles. The fraction of sp³-hybridized carbons (Fsp3) is 0. The average Bonchev–Trinajstić information content (AvgIpc) is 3.34. The van der Waals surface area contributed by atoms with E-state index in [1.807, 2.05) is 0 Å². The minimum Gasteiger partial charge on any atom is -0.298 e. The topological polar surface area (TPSA) is 19.4 Å². The molecule has 290 valence electrons. The lowest BCUT2D eigenvalue weighted by atomic mass is 10.4. The number of benzene rings is 8. The summed E-state index contributed by atoms with van der Waals surface area (Å²) in [6.07, 6.45) is 0. The number of pyridine rings is 1. The monoisotopic (exact) mass is 845 g/mol. The summed E-state index contributed by atoms with van der Waals surface area (Å²) in [5.41, 5.74) is 0. The Kier molecular flexibility index (Phi) is 12.9. The zero-order valence-electron chi connectivity index (χ0n) is 33.0. The molecule has 0 unspecified atom stereocenters. The first-order chi connectivity index (χ1) is 29.8. The van der Waals surface area contributed by atoms with Crippen LogP contribution in [0.5, 0.6) is 0 Å². The molecule has 9 rings (SSSR count). The summed E-state index contributed by atoms with van der Waals surface area (Å²) in [5, 5.41) is 10.2. The molecule has 0 atom stereocenters. The van der Waals surface area contributed by atoms with Gasteiger partial charge in [0.25, 0.3) is 0 Å². The van der Waals surface area contributed by atoms with Crippen LogP contribution in [0.2, 0.25) is 0 Å². The average molecular weight is 846 g/mol. The molecule has 3 nitrogen and oxygen atoms in total. The van der Waals surface area contributed by atoms with E-state index in [1.54, 1.807) is 0 Å². The lowest BCUT2D eigenvalue weighted by Gasteiger charge is -2.42. The Labute approximate surface area is 359 Å². The SMILES string of the molecule is c1ccc(P(c2ccccc2)N(c2cccc(N(P(c3ccccc3)c3ccccc3)P(c3ccccc3)c3ccccc3)n2)P(c2ccccc2)c2ccccc2)cc1. The van der Waals surface area contributed by atoms with E-state index >= 15 is 0 Å². The number of hydrogen-bond donors (Lipinski definition) is 0. The van der Waals surface area contributed by atoms with Crippen molar-refractivity contribution in [3.8, 4) is 0 Å². The van der Waals surface area contributed by atoms with Crippen LogP contribution in [0.25, 0.3) is 0 Å². The van der Waals surface area contributed by atoms with Crippen LogP contribution in [0, 0.1) is 0 Å². The standard InChI is InChI=1S/C53H43N3P4/c1-9-26-44(27-10-1)57(45-28-11-2-12-29-45)55(58(46-30-13-3-14-31-46)47-32-15-4-16-33-47)52-42-25-43-53(54-52)56(59(48-34-17-5-18-35-48)49-36-19-6-20-37-49)60(50-38-21-7-22-39-50)51-40-23-8-24-41-51/h1-43H. The first-order valence-corrected chi connectivity index (χ1v) is 25.2. The van der Waals surface area contributed by atoms with Crippen molar-refractivity contribution >= 4 is 86.4 Å². The van der Waals surface area contributed by atoms with Gasteiger partial charge in [-0.25, -0.2) is 4.98 Å². The molecule has 0 saturated heterocycles. The molecule has 7 heteroatoms. The van der Waals surface area contributed by atoms with Gasteiger partial charge < -0.3 is 0 Å². The highest BCUT2D eigenvalue weighted by molar-refractivity contribution is 7.91. The Morgan fingerprint density at radius 2 is 0.367 bits per heavy atom. The Bertz CT molecular complexity index is 2160. The molecule has 0 N–H and O–H groups in total. The molecular weight excluding hydrogens is 802 g/mol. The van der Waals surface area contributed by atoms with Crippen LogP contribution in [0.1, 0.15) is 0 Å². The van der Waals surface area contributed by atoms with E-state index in [0.717, 1.165) is 11.6 Å². The van der Waals surface area contributed by atoms with Crippen molar-refractivity contribution in [1.82, 2.24) is 4.98 Å². The van der Waals surface area contributed by atoms with Crippen LogP contribution >= 0.6 is 32.3 Å². The largest absolute Gasteiger partial charge is 0.298 e. The zero-order chi connectivity index (χ0) is 40.4. The van der Waals surface area contributed by atoms with Crippen LogP contribution in [0.3, 0.4) is 0 Å².